The lowest BCUT2D eigenvalue weighted by Gasteiger charge is -2.09. The van der Waals surface area contributed by atoms with E-state index >= 15 is 0 Å². The average Bonchev–Trinajstić information content (AvgIpc) is 2.38. The van der Waals surface area contributed by atoms with Crippen LogP contribution in [-0.4, -0.2) is 22.0 Å². The Morgan fingerprint density at radius 1 is 1.20 bits per heavy atom. The minimum absolute atomic E-state index is 0.0852. The highest BCUT2D eigenvalue weighted by atomic mass is 19.1. The summed E-state index contributed by atoms with van der Waals surface area (Å²) in [6, 6.07) is 7.79. The summed E-state index contributed by atoms with van der Waals surface area (Å²) >= 11 is 0. The normalized spacial score (nSPS) is 10.1. The Morgan fingerprint density at radius 2 is 1.90 bits per heavy atom. The van der Waals surface area contributed by atoms with Gasteiger partial charge in [-0.05, 0) is 18.2 Å². The van der Waals surface area contributed by atoms with E-state index in [0.29, 0.717) is 0 Å². The molecule has 3 N–H and O–H groups in total. The van der Waals surface area contributed by atoms with Crippen molar-refractivity contribution in [3.05, 3.63) is 53.5 Å². The number of halogens is 1. The molecule has 102 valence electrons. The van der Waals surface area contributed by atoms with Crippen LogP contribution in [0.4, 0.5) is 4.39 Å². The molecule has 0 fully saturated rings. The Labute approximate surface area is 112 Å². The lowest BCUT2D eigenvalue weighted by atomic mass is 10.2. The number of nitrogens with two attached hydrogens (primary N) is 1. The van der Waals surface area contributed by atoms with Gasteiger partial charge in [0.1, 0.15) is 17.1 Å². The molecule has 0 unspecified atom stereocenters. The molecule has 2 aromatic rings. The molecule has 1 aromatic heterocycles. The van der Waals surface area contributed by atoms with Gasteiger partial charge in [0.25, 0.3) is 5.91 Å². The van der Waals surface area contributed by atoms with Crippen LogP contribution in [0.1, 0.15) is 20.8 Å². The predicted molar refractivity (Wildman–Crippen MR) is 66.2 cm³/mol. The monoisotopic (exact) mass is 276 g/mol. The number of aromatic carboxylic acids is 1. The van der Waals surface area contributed by atoms with Crippen LogP contribution in [0.2, 0.25) is 0 Å². The molecule has 20 heavy (non-hydrogen) atoms. The fraction of sp³-hybridized carbons (Fsp3) is 0. The van der Waals surface area contributed by atoms with Gasteiger partial charge in [-0.15, -0.1) is 0 Å². The van der Waals surface area contributed by atoms with Crippen molar-refractivity contribution in [2.45, 2.75) is 0 Å². The van der Waals surface area contributed by atoms with Crippen LogP contribution in [0, 0.1) is 5.82 Å². The molecule has 0 saturated carbocycles. The fourth-order valence-corrected chi connectivity index (χ4v) is 1.53. The summed E-state index contributed by atoms with van der Waals surface area (Å²) in [5.74, 6) is -3.27. The Hall–Kier alpha value is -2.96. The molecule has 0 saturated heterocycles. The number of hydrogen-bond donors (Lipinski definition) is 2. The van der Waals surface area contributed by atoms with E-state index in [2.05, 4.69) is 4.98 Å². The summed E-state index contributed by atoms with van der Waals surface area (Å²) in [6.07, 6.45) is 0. The van der Waals surface area contributed by atoms with Gasteiger partial charge in [0.2, 0.25) is 5.88 Å². The smallest absolute Gasteiger partial charge is 0.354 e. The quantitative estimate of drug-likeness (QED) is 0.886. The largest absolute Gasteiger partial charge is 0.477 e. The number of primary amides is 1. The number of benzene rings is 1. The van der Waals surface area contributed by atoms with Crippen LogP contribution in [0.3, 0.4) is 0 Å². The van der Waals surface area contributed by atoms with E-state index in [9.17, 15) is 14.0 Å². The van der Waals surface area contributed by atoms with Crippen LogP contribution in [-0.2, 0) is 0 Å². The van der Waals surface area contributed by atoms with Gasteiger partial charge in [-0.25, -0.2) is 14.2 Å². The first-order valence-electron chi connectivity index (χ1n) is 5.45. The van der Waals surface area contributed by atoms with E-state index in [4.69, 9.17) is 15.6 Å². The number of amides is 1. The van der Waals surface area contributed by atoms with E-state index in [1.807, 2.05) is 0 Å². The van der Waals surface area contributed by atoms with E-state index in [1.54, 1.807) is 0 Å². The summed E-state index contributed by atoms with van der Waals surface area (Å²) in [7, 11) is 0. The Balaban J connectivity index is 2.40. The molecule has 0 aliphatic rings. The van der Waals surface area contributed by atoms with Crippen molar-refractivity contribution in [3.63, 3.8) is 0 Å². The minimum Gasteiger partial charge on any atom is -0.477 e. The number of pyridine rings is 1. The summed E-state index contributed by atoms with van der Waals surface area (Å²) in [5, 5.41) is 8.81. The standard InChI is InChI=1S/C13H9FN2O4/c14-7-3-1-5-9(11(7)12(15)17)20-10-6-2-4-8(16-10)13(18)19/h1-6H,(H2,15,17)(H,18,19). The minimum atomic E-state index is -1.23. The van der Waals surface area contributed by atoms with Gasteiger partial charge in [0, 0.05) is 6.07 Å². The SMILES string of the molecule is NC(=O)c1c(F)cccc1Oc1cccc(C(=O)O)n1. The lowest BCUT2D eigenvalue weighted by molar-refractivity contribution is 0.0689. The predicted octanol–water partition coefficient (Wildman–Crippen LogP) is 1.81. The molecule has 0 radical (unpaired) electrons. The van der Waals surface area contributed by atoms with Crippen LogP contribution < -0.4 is 10.5 Å². The number of carbonyl (C=O) groups excluding carboxylic acids is 1. The third-order valence-electron chi connectivity index (χ3n) is 2.38. The van der Waals surface area contributed by atoms with Crippen molar-refractivity contribution in [3.8, 4) is 11.6 Å². The maximum absolute atomic E-state index is 13.5. The Morgan fingerprint density at radius 3 is 2.55 bits per heavy atom. The highest BCUT2D eigenvalue weighted by Crippen LogP contribution is 2.25. The molecule has 0 atom stereocenters. The van der Waals surface area contributed by atoms with E-state index < -0.39 is 23.3 Å². The average molecular weight is 276 g/mol. The zero-order chi connectivity index (χ0) is 14.7. The van der Waals surface area contributed by atoms with Crippen molar-refractivity contribution in [1.82, 2.24) is 4.98 Å². The van der Waals surface area contributed by atoms with Gasteiger partial charge in [0.05, 0.1) is 0 Å². The number of carboxylic acid groups (broad SMARTS) is 1. The fourth-order valence-electron chi connectivity index (χ4n) is 1.53. The number of ether oxygens (including phenoxy) is 1. The van der Waals surface area contributed by atoms with Gasteiger partial charge >= 0.3 is 5.97 Å². The zero-order valence-electron chi connectivity index (χ0n) is 10.0. The van der Waals surface area contributed by atoms with Crippen molar-refractivity contribution in [2.24, 2.45) is 5.73 Å². The number of rotatable bonds is 4. The molecule has 6 nitrogen and oxygen atoms in total. The lowest BCUT2D eigenvalue weighted by Crippen LogP contribution is -2.14. The number of hydrogen-bond acceptors (Lipinski definition) is 4. The Kier molecular flexibility index (Phi) is 3.60. The molecule has 1 aromatic carbocycles. The maximum atomic E-state index is 13.5. The zero-order valence-corrected chi connectivity index (χ0v) is 10.0. The second-order valence-electron chi connectivity index (χ2n) is 3.75. The van der Waals surface area contributed by atoms with Gasteiger partial charge in [-0.1, -0.05) is 12.1 Å². The molecule has 0 bridgehead atoms. The van der Waals surface area contributed by atoms with Gasteiger partial charge in [-0.3, -0.25) is 4.79 Å². The van der Waals surface area contributed by atoms with E-state index in [0.717, 1.165) is 6.07 Å². The molecule has 2 rings (SSSR count). The second kappa shape index (κ2) is 5.35. The second-order valence-corrected chi connectivity index (χ2v) is 3.75. The maximum Gasteiger partial charge on any atom is 0.354 e. The van der Waals surface area contributed by atoms with Crippen molar-refractivity contribution < 1.29 is 23.8 Å². The first kappa shape index (κ1) is 13.5. The van der Waals surface area contributed by atoms with Crippen molar-refractivity contribution in [2.75, 3.05) is 0 Å². The van der Waals surface area contributed by atoms with Crippen LogP contribution in [0.5, 0.6) is 11.6 Å². The van der Waals surface area contributed by atoms with E-state index in [-0.39, 0.29) is 17.3 Å². The summed E-state index contributed by atoms with van der Waals surface area (Å²) < 4.78 is 18.7. The van der Waals surface area contributed by atoms with Gasteiger partial charge in [-0.2, -0.15) is 0 Å². The molecule has 0 aliphatic heterocycles. The molecule has 0 spiro atoms. The number of aromatic nitrogens is 1. The third-order valence-corrected chi connectivity index (χ3v) is 2.38. The Bertz CT molecular complexity index is 688. The topological polar surface area (TPSA) is 103 Å². The summed E-state index contributed by atoms with van der Waals surface area (Å²) in [5.41, 5.74) is 4.42. The molecule has 1 amide bonds. The molecule has 0 aliphatic carbocycles. The molecular formula is C13H9FN2O4. The highest BCUT2D eigenvalue weighted by Gasteiger charge is 2.16. The molecule has 7 heteroatoms. The van der Waals surface area contributed by atoms with Crippen molar-refractivity contribution in [1.29, 1.82) is 0 Å². The summed E-state index contributed by atoms with van der Waals surface area (Å²) in [6.45, 7) is 0. The van der Waals surface area contributed by atoms with Crippen LogP contribution in [0.25, 0.3) is 0 Å². The number of nitrogens with zero attached hydrogens (tertiary/aromatic N) is 1. The molecule has 1 heterocycles. The van der Waals surface area contributed by atoms with Gasteiger partial charge in [0.15, 0.2) is 5.69 Å². The summed E-state index contributed by atoms with van der Waals surface area (Å²) in [4.78, 5) is 25.7. The number of carbonyl (C=O) groups is 2. The van der Waals surface area contributed by atoms with Crippen LogP contribution in [0.15, 0.2) is 36.4 Å². The highest BCUT2D eigenvalue weighted by molar-refractivity contribution is 5.96. The molecular weight excluding hydrogens is 267 g/mol. The first-order valence-corrected chi connectivity index (χ1v) is 5.45. The first-order chi connectivity index (χ1) is 9.49. The van der Waals surface area contributed by atoms with E-state index in [1.165, 1.54) is 30.3 Å². The third kappa shape index (κ3) is 2.72. The van der Waals surface area contributed by atoms with Gasteiger partial charge < -0.3 is 15.6 Å². The van der Waals surface area contributed by atoms with Crippen LogP contribution >= 0.6 is 0 Å². The number of carboxylic acids is 1. The van der Waals surface area contributed by atoms with Crippen molar-refractivity contribution >= 4 is 11.9 Å².